The zero-order chi connectivity index (χ0) is 10.9. The molecule has 1 aromatic heterocycles. The Balaban J connectivity index is 2.12. The predicted octanol–water partition coefficient (Wildman–Crippen LogP) is 0.474. The number of aromatic nitrogens is 1. The average Bonchev–Trinajstić information content (AvgIpc) is 2.49. The second-order valence-corrected chi connectivity index (χ2v) is 6.62. The molecule has 0 spiro atoms. The summed E-state index contributed by atoms with van der Waals surface area (Å²) < 4.78 is 22.7. The lowest BCUT2D eigenvalue weighted by Crippen LogP contribution is -2.26. The molecule has 0 aliphatic carbocycles. The Bertz CT molecular complexity index is 440. The minimum absolute atomic E-state index is 0.00195. The van der Waals surface area contributed by atoms with Gasteiger partial charge in [-0.2, -0.15) is 4.98 Å². The van der Waals surface area contributed by atoms with Gasteiger partial charge in [-0.15, -0.1) is 11.3 Å². The smallest absolute Gasteiger partial charge is 0.223 e. The van der Waals surface area contributed by atoms with Crippen molar-refractivity contribution >= 4 is 26.3 Å². The second kappa shape index (κ2) is 3.97. The van der Waals surface area contributed by atoms with E-state index in [1.165, 1.54) is 11.3 Å². The third-order valence-electron chi connectivity index (χ3n) is 2.31. The van der Waals surface area contributed by atoms with Crippen LogP contribution in [0.5, 0.6) is 5.88 Å². The van der Waals surface area contributed by atoms with Gasteiger partial charge in [0.25, 0.3) is 0 Å². The van der Waals surface area contributed by atoms with Crippen molar-refractivity contribution in [1.82, 2.24) is 4.98 Å². The van der Waals surface area contributed by atoms with Crippen molar-refractivity contribution in [3.8, 4) is 5.88 Å². The highest BCUT2D eigenvalue weighted by Gasteiger charge is 2.20. The first-order chi connectivity index (χ1) is 7.07. The average molecular weight is 248 g/mol. The molecule has 2 rings (SSSR count). The number of sulfone groups is 1. The number of rotatable bonds is 1. The molecular formula is C8H12N2O3S2. The Kier molecular flexibility index (Phi) is 2.83. The Morgan fingerprint density at radius 3 is 2.87 bits per heavy atom. The van der Waals surface area contributed by atoms with Crippen molar-refractivity contribution in [3.63, 3.8) is 0 Å². The van der Waals surface area contributed by atoms with Crippen LogP contribution >= 0.6 is 11.3 Å². The van der Waals surface area contributed by atoms with Gasteiger partial charge in [-0.25, -0.2) is 8.42 Å². The first kappa shape index (κ1) is 10.7. The van der Waals surface area contributed by atoms with Crippen LogP contribution in [0.25, 0.3) is 0 Å². The number of aromatic hydroxyl groups is 1. The Morgan fingerprint density at radius 2 is 2.20 bits per heavy atom. The summed E-state index contributed by atoms with van der Waals surface area (Å²) in [5.41, 5.74) is 0. The van der Waals surface area contributed by atoms with Crippen molar-refractivity contribution in [3.05, 3.63) is 5.38 Å². The molecule has 2 heterocycles. The zero-order valence-electron chi connectivity index (χ0n) is 8.09. The van der Waals surface area contributed by atoms with Crippen LogP contribution in [-0.2, 0) is 9.84 Å². The Hall–Kier alpha value is -0.820. The molecule has 1 N–H and O–H groups in total. The van der Waals surface area contributed by atoms with E-state index in [9.17, 15) is 8.42 Å². The molecule has 0 radical (unpaired) electrons. The van der Waals surface area contributed by atoms with Crippen molar-refractivity contribution in [2.24, 2.45) is 0 Å². The third kappa shape index (κ3) is 2.60. The monoisotopic (exact) mass is 248 g/mol. The molecule has 1 fully saturated rings. The van der Waals surface area contributed by atoms with E-state index in [-0.39, 0.29) is 17.4 Å². The summed E-state index contributed by atoms with van der Waals surface area (Å²) in [6.45, 7) is 1.15. The molecule has 0 bridgehead atoms. The fraction of sp³-hybridized carbons (Fsp3) is 0.625. The van der Waals surface area contributed by atoms with Gasteiger partial charge in [-0.3, -0.25) is 0 Å². The van der Waals surface area contributed by atoms with Crippen LogP contribution < -0.4 is 4.90 Å². The zero-order valence-corrected chi connectivity index (χ0v) is 9.72. The molecular weight excluding hydrogens is 236 g/mol. The number of hydrogen-bond donors (Lipinski definition) is 1. The fourth-order valence-electron chi connectivity index (χ4n) is 1.53. The fourth-order valence-corrected chi connectivity index (χ4v) is 3.54. The van der Waals surface area contributed by atoms with Gasteiger partial charge < -0.3 is 10.0 Å². The summed E-state index contributed by atoms with van der Waals surface area (Å²) in [4.78, 5) is 5.84. The number of anilines is 1. The van der Waals surface area contributed by atoms with Gasteiger partial charge in [0, 0.05) is 13.1 Å². The number of hydrogen-bond acceptors (Lipinski definition) is 6. The molecule has 84 valence electrons. The minimum atomic E-state index is -2.88. The van der Waals surface area contributed by atoms with Crippen LogP contribution in [0.2, 0.25) is 0 Å². The summed E-state index contributed by atoms with van der Waals surface area (Å²) in [5.74, 6) is 0.427. The summed E-state index contributed by atoms with van der Waals surface area (Å²) in [7, 11) is -2.88. The van der Waals surface area contributed by atoms with Gasteiger partial charge in [-0.1, -0.05) is 0 Å². The lowest BCUT2D eigenvalue weighted by atomic mass is 10.4. The molecule has 1 aliphatic rings. The molecule has 5 nitrogen and oxygen atoms in total. The van der Waals surface area contributed by atoms with Crippen LogP contribution in [0.3, 0.4) is 0 Å². The normalized spacial score (nSPS) is 21.2. The van der Waals surface area contributed by atoms with Gasteiger partial charge in [0.1, 0.15) is 0 Å². The van der Waals surface area contributed by atoms with Crippen LogP contribution in [0, 0.1) is 0 Å². The first-order valence-electron chi connectivity index (χ1n) is 4.67. The molecule has 1 aliphatic heterocycles. The standard InChI is InChI=1S/C8H12N2O3S2/c11-7-6-14-8(9-7)10-2-1-4-15(12,13)5-3-10/h6,11H,1-5H2. The van der Waals surface area contributed by atoms with E-state index in [0.717, 1.165) is 0 Å². The Morgan fingerprint density at radius 1 is 1.40 bits per heavy atom. The molecule has 0 atom stereocenters. The molecule has 0 amide bonds. The lowest BCUT2D eigenvalue weighted by Gasteiger charge is -2.17. The topological polar surface area (TPSA) is 70.5 Å². The van der Waals surface area contributed by atoms with E-state index in [1.807, 2.05) is 4.90 Å². The van der Waals surface area contributed by atoms with Gasteiger partial charge in [0.05, 0.1) is 16.9 Å². The summed E-state index contributed by atoms with van der Waals surface area (Å²) >= 11 is 1.34. The molecule has 7 heteroatoms. The maximum Gasteiger partial charge on any atom is 0.223 e. The van der Waals surface area contributed by atoms with Crippen LogP contribution in [-0.4, -0.2) is 43.1 Å². The van der Waals surface area contributed by atoms with Gasteiger partial charge >= 0.3 is 0 Å². The van der Waals surface area contributed by atoms with Crippen LogP contribution in [0.1, 0.15) is 6.42 Å². The molecule has 1 saturated heterocycles. The van der Waals surface area contributed by atoms with Crippen molar-refractivity contribution in [1.29, 1.82) is 0 Å². The summed E-state index contributed by atoms with van der Waals surface area (Å²) in [6.07, 6.45) is 0.628. The second-order valence-electron chi connectivity index (χ2n) is 3.48. The largest absolute Gasteiger partial charge is 0.493 e. The van der Waals surface area contributed by atoms with Crippen molar-refractivity contribution in [2.75, 3.05) is 29.5 Å². The SMILES string of the molecule is O=S1(=O)CCCN(c2nc(O)cs2)CC1. The quantitative estimate of drug-likeness (QED) is 0.782. The van der Waals surface area contributed by atoms with E-state index < -0.39 is 9.84 Å². The third-order valence-corrected chi connectivity index (χ3v) is 4.91. The molecule has 0 unspecified atom stereocenters. The molecule has 0 aromatic carbocycles. The first-order valence-corrected chi connectivity index (χ1v) is 7.37. The van der Waals surface area contributed by atoms with Crippen molar-refractivity contribution < 1.29 is 13.5 Å². The van der Waals surface area contributed by atoms with E-state index in [0.29, 0.717) is 24.6 Å². The summed E-state index contributed by atoms with van der Waals surface area (Å²) in [5, 5.41) is 11.4. The maximum atomic E-state index is 11.4. The van der Waals surface area contributed by atoms with E-state index in [1.54, 1.807) is 5.38 Å². The lowest BCUT2D eigenvalue weighted by molar-refractivity contribution is 0.457. The number of thiazole rings is 1. The highest BCUT2D eigenvalue weighted by atomic mass is 32.2. The molecule has 15 heavy (non-hydrogen) atoms. The number of nitrogens with zero attached hydrogens (tertiary/aromatic N) is 2. The molecule has 1 aromatic rings. The van der Waals surface area contributed by atoms with Gasteiger partial charge in [-0.05, 0) is 6.42 Å². The van der Waals surface area contributed by atoms with E-state index in [2.05, 4.69) is 4.98 Å². The van der Waals surface area contributed by atoms with Gasteiger partial charge in [0.2, 0.25) is 5.88 Å². The summed E-state index contributed by atoms with van der Waals surface area (Å²) in [6, 6.07) is 0. The highest BCUT2D eigenvalue weighted by molar-refractivity contribution is 7.91. The van der Waals surface area contributed by atoms with Crippen molar-refractivity contribution in [2.45, 2.75) is 6.42 Å². The van der Waals surface area contributed by atoms with Crippen LogP contribution in [0.15, 0.2) is 5.38 Å². The Labute approximate surface area is 92.3 Å². The predicted molar refractivity (Wildman–Crippen MR) is 59.3 cm³/mol. The van der Waals surface area contributed by atoms with E-state index in [4.69, 9.17) is 5.11 Å². The molecule has 0 saturated carbocycles. The highest BCUT2D eigenvalue weighted by Crippen LogP contribution is 2.24. The van der Waals surface area contributed by atoms with E-state index >= 15 is 0 Å². The van der Waals surface area contributed by atoms with Gasteiger partial charge in [0.15, 0.2) is 15.0 Å². The van der Waals surface area contributed by atoms with Crippen LogP contribution in [0.4, 0.5) is 5.13 Å². The maximum absolute atomic E-state index is 11.4. The minimum Gasteiger partial charge on any atom is -0.493 e.